The molecule has 0 saturated carbocycles. The molecule has 1 aromatic heterocycles. The summed E-state index contributed by atoms with van der Waals surface area (Å²) in [5.74, 6) is -0.492. The lowest BCUT2D eigenvalue weighted by Crippen LogP contribution is -2.27. The average molecular weight is 384 g/mol. The second kappa shape index (κ2) is 5.85. The van der Waals surface area contributed by atoms with Crippen molar-refractivity contribution in [3.63, 3.8) is 0 Å². The first kappa shape index (κ1) is 15.2. The Hall–Kier alpha value is -0.870. The first-order valence-corrected chi connectivity index (χ1v) is 7.33. The maximum absolute atomic E-state index is 11.9. The monoisotopic (exact) mass is 384 g/mol. The van der Waals surface area contributed by atoms with Crippen LogP contribution in [0.1, 0.15) is 5.56 Å². The molecule has 18 heavy (non-hydrogen) atoms. The minimum Gasteiger partial charge on any atom is -0.466 e. The normalized spacial score (nSPS) is 12.3. The number of carbonyl (C=O) groups excluding carboxylic acids is 1. The lowest BCUT2D eigenvalue weighted by atomic mass is 10.3. The number of aromatic nitrogens is 1. The van der Waals surface area contributed by atoms with Crippen molar-refractivity contribution in [2.24, 2.45) is 0 Å². The van der Waals surface area contributed by atoms with Gasteiger partial charge in [0.2, 0.25) is 0 Å². The van der Waals surface area contributed by atoms with Gasteiger partial charge in [-0.3, -0.25) is 0 Å². The van der Waals surface area contributed by atoms with Crippen molar-refractivity contribution in [1.82, 2.24) is 8.28 Å². The Morgan fingerprint density at radius 3 is 2.56 bits per heavy atom. The standard InChI is InChI=1S/C10H13IN2O4S/c1-12(2)18(15,16)13-6-8(9(11)7-13)4-5-10(14)17-3/h4-7H,1-3H3/b5-4+. The van der Waals surface area contributed by atoms with Crippen LogP contribution in [-0.4, -0.2) is 43.9 Å². The summed E-state index contributed by atoms with van der Waals surface area (Å²) in [6, 6.07) is 0. The molecule has 0 bridgehead atoms. The van der Waals surface area contributed by atoms with E-state index in [-0.39, 0.29) is 0 Å². The predicted octanol–water partition coefficient (Wildman–Crippen LogP) is 0.933. The van der Waals surface area contributed by atoms with Crippen LogP contribution in [0.25, 0.3) is 6.08 Å². The van der Waals surface area contributed by atoms with Crippen molar-refractivity contribution >= 4 is 44.8 Å². The van der Waals surface area contributed by atoms with Gasteiger partial charge in [0.1, 0.15) is 0 Å². The maximum atomic E-state index is 11.9. The minimum absolute atomic E-state index is 0.492. The second-order valence-electron chi connectivity index (χ2n) is 3.54. The Balaban J connectivity index is 3.11. The van der Waals surface area contributed by atoms with E-state index in [1.165, 1.54) is 45.8 Å². The summed E-state index contributed by atoms with van der Waals surface area (Å²) < 4.78 is 31.1. The molecular formula is C10H13IN2O4S. The fourth-order valence-electron chi connectivity index (χ4n) is 1.09. The highest BCUT2D eigenvalue weighted by atomic mass is 127. The van der Waals surface area contributed by atoms with E-state index in [0.29, 0.717) is 5.56 Å². The van der Waals surface area contributed by atoms with Crippen LogP contribution in [0.2, 0.25) is 0 Å². The van der Waals surface area contributed by atoms with Gasteiger partial charge in [0.25, 0.3) is 0 Å². The van der Waals surface area contributed by atoms with Crippen molar-refractivity contribution in [3.8, 4) is 0 Å². The van der Waals surface area contributed by atoms with Crippen molar-refractivity contribution in [2.75, 3.05) is 21.2 Å². The third-order valence-corrected chi connectivity index (χ3v) is 4.68. The number of halogens is 1. The van der Waals surface area contributed by atoms with Crippen LogP contribution < -0.4 is 0 Å². The molecule has 0 aliphatic heterocycles. The summed E-state index contributed by atoms with van der Waals surface area (Å²) in [7, 11) is 0.651. The number of carbonyl (C=O) groups is 1. The Morgan fingerprint density at radius 2 is 2.06 bits per heavy atom. The van der Waals surface area contributed by atoms with Crippen LogP contribution in [-0.2, 0) is 19.7 Å². The highest BCUT2D eigenvalue weighted by Gasteiger charge is 2.17. The topological polar surface area (TPSA) is 68.6 Å². The molecule has 0 amide bonds. The molecule has 100 valence electrons. The number of esters is 1. The molecule has 1 aromatic rings. The Bertz CT molecular complexity index is 575. The summed E-state index contributed by atoms with van der Waals surface area (Å²) in [5.41, 5.74) is 0.631. The number of ether oxygens (including phenoxy) is 1. The highest BCUT2D eigenvalue weighted by molar-refractivity contribution is 14.1. The Labute approximate surface area is 120 Å². The van der Waals surface area contributed by atoms with E-state index in [1.54, 1.807) is 0 Å². The van der Waals surface area contributed by atoms with Crippen molar-refractivity contribution < 1.29 is 17.9 Å². The summed E-state index contributed by atoms with van der Waals surface area (Å²) in [5, 5.41) is 0. The first-order valence-electron chi connectivity index (χ1n) is 4.85. The van der Waals surface area contributed by atoms with E-state index in [0.717, 1.165) is 11.8 Å². The molecule has 6 nitrogen and oxygen atoms in total. The van der Waals surface area contributed by atoms with Crippen LogP contribution in [0, 0.1) is 3.57 Å². The number of hydrogen-bond donors (Lipinski definition) is 0. The zero-order valence-electron chi connectivity index (χ0n) is 10.1. The first-order chi connectivity index (χ1) is 8.28. The van der Waals surface area contributed by atoms with Gasteiger partial charge < -0.3 is 4.74 Å². The molecule has 0 aliphatic rings. The molecular weight excluding hydrogens is 371 g/mol. The van der Waals surface area contributed by atoms with Gasteiger partial charge in [-0.05, 0) is 28.7 Å². The lowest BCUT2D eigenvalue weighted by molar-refractivity contribution is -0.134. The fourth-order valence-corrected chi connectivity index (χ4v) is 2.76. The van der Waals surface area contributed by atoms with E-state index in [9.17, 15) is 13.2 Å². The summed E-state index contributed by atoms with van der Waals surface area (Å²) >= 11 is 2.00. The highest BCUT2D eigenvalue weighted by Crippen LogP contribution is 2.17. The van der Waals surface area contributed by atoms with Crippen LogP contribution >= 0.6 is 22.6 Å². The van der Waals surface area contributed by atoms with Crippen LogP contribution in [0.5, 0.6) is 0 Å². The second-order valence-corrected chi connectivity index (χ2v) is 6.75. The molecule has 0 atom stereocenters. The number of rotatable bonds is 4. The maximum Gasteiger partial charge on any atom is 0.330 e. The minimum atomic E-state index is -3.53. The summed E-state index contributed by atoms with van der Waals surface area (Å²) in [6.45, 7) is 0. The van der Waals surface area contributed by atoms with E-state index in [4.69, 9.17) is 0 Å². The van der Waals surface area contributed by atoms with Gasteiger partial charge in [0.15, 0.2) is 0 Å². The molecule has 8 heteroatoms. The van der Waals surface area contributed by atoms with E-state index in [1.807, 2.05) is 22.6 Å². The van der Waals surface area contributed by atoms with Crippen LogP contribution in [0.3, 0.4) is 0 Å². The molecule has 0 aromatic carbocycles. The number of hydrogen-bond acceptors (Lipinski definition) is 4. The van der Waals surface area contributed by atoms with Gasteiger partial charge in [0, 0.05) is 41.7 Å². The zero-order chi connectivity index (χ0) is 13.9. The van der Waals surface area contributed by atoms with E-state index in [2.05, 4.69) is 4.74 Å². The molecule has 0 N–H and O–H groups in total. The van der Waals surface area contributed by atoms with Crippen LogP contribution in [0.4, 0.5) is 0 Å². The molecule has 1 heterocycles. The van der Waals surface area contributed by atoms with Gasteiger partial charge in [-0.2, -0.15) is 12.7 Å². The van der Waals surface area contributed by atoms with E-state index < -0.39 is 16.2 Å². The van der Waals surface area contributed by atoms with Gasteiger partial charge >= 0.3 is 16.2 Å². The van der Waals surface area contributed by atoms with Crippen molar-refractivity contribution in [2.45, 2.75) is 0 Å². The van der Waals surface area contributed by atoms with Gasteiger partial charge in [0.05, 0.1) is 7.11 Å². The summed E-state index contributed by atoms with van der Waals surface area (Å²) in [6.07, 6.45) is 5.67. The summed E-state index contributed by atoms with van der Waals surface area (Å²) in [4.78, 5) is 11.0. The smallest absolute Gasteiger partial charge is 0.330 e. The Morgan fingerprint density at radius 1 is 1.44 bits per heavy atom. The third kappa shape index (κ3) is 3.33. The number of nitrogens with zero attached hydrogens (tertiary/aromatic N) is 2. The average Bonchev–Trinajstić information content (AvgIpc) is 2.68. The van der Waals surface area contributed by atoms with E-state index >= 15 is 0 Å². The molecule has 0 unspecified atom stereocenters. The van der Waals surface area contributed by atoms with Gasteiger partial charge in [-0.1, -0.05) is 0 Å². The van der Waals surface area contributed by atoms with Crippen molar-refractivity contribution in [3.05, 3.63) is 27.6 Å². The quantitative estimate of drug-likeness (QED) is 0.440. The molecule has 0 aliphatic carbocycles. The third-order valence-electron chi connectivity index (χ3n) is 2.11. The fraction of sp³-hybridized carbons (Fsp3) is 0.300. The molecule has 1 rings (SSSR count). The predicted molar refractivity (Wildman–Crippen MR) is 76.2 cm³/mol. The van der Waals surface area contributed by atoms with Gasteiger partial charge in [-0.15, -0.1) is 0 Å². The molecule has 0 radical (unpaired) electrons. The van der Waals surface area contributed by atoms with Gasteiger partial charge in [-0.25, -0.2) is 8.77 Å². The van der Waals surface area contributed by atoms with Crippen LogP contribution in [0.15, 0.2) is 18.5 Å². The SMILES string of the molecule is COC(=O)/C=C/c1cn(S(=O)(=O)N(C)C)cc1I. The largest absolute Gasteiger partial charge is 0.466 e. The molecule has 0 fully saturated rings. The van der Waals surface area contributed by atoms with Crippen molar-refractivity contribution in [1.29, 1.82) is 0 Å². The zero-order valence-corrected chi connectivity index (χ0v) is 13.1. The molecule has 0 spiro atoms. The lowest BCUT2D eigenvalue weighted by Gasteiger charge is -2.11. The molecule has 0 saturated heterocycles. The number of methoxy groups -OCH3 is 1. The Kier molecular flexibility index (Phi) is 4.93.